The molecule has 0 unspecified atom stereocenters. The van der Waals surface area contributed by atoms with E-state index in [0.717, 1.165) is 6.26 Å². The van der Waals surface area contributed by atoms with Gasteiger partial charge in [0.15, 0.2) is 9.84 Å². The Hall–Kier alpha value is -0.940. The molecule has 0 bridgehead atoms. The van der Waals surface area contributed by atoms with Crippen molar-refractivity contribution in [3.05, 3.63) is 29.1 Å². The first-order chi connectivity index (χ1) is 7.50. The van der Waals surface area contributed by atoms with Crippen LogP contribution in [0.25, 0.3) is 0 Å². The van der Waals surface area contributed by atoms with Crippen LogP contribution in [0.1, 0.15) is 25.0 Å². The van der Waals surface area contributed by atoms with Gasteiger partial charge < -0.3 is 5.73 Å². The topological polar surface area (TPSA) is 60.2 Å². The summed E-state index contributed by atoms with van der Waals surface area (Å²) < 4.78 is 36.8. The Balaban J connectivity index is 3.35. The summed E-state index contributed by atoms with van der Waals surface area (Å²) >= 11 is 0. The summed E-state index contributed by atoms with van der Waals surface area (Å²) in [5, 5.41) is 0. The van der Waals surface area contributed by atoms with Gasteiger partial charge in [0.1, 0.15) is 5.82 Å². The van der Waals surface area contributed by atoms with Crippen LogP contribution in [0.3, 0.4) is 0 Å². The smallest absolute Gasteiger partial charge is 0.175 e. The van der Waals surface area contributed by atoms with Crippen molar-refractivity contribution in [1.82, 2.24) is 0 Å². The summed E-state index contributed by atoms with van der Waals surface area (Å²) in [7, 11) is -3.34. The highest BCUT2D eigenvalue weighted by atomic mass is 32.2. The lowest BCUT2D eigenvalue weighted by Crippen LogP contribution is -2.34. The number of sulfone groups is 1. The van der Waals surface area contributed by atoms with Crippen LogP contribution in [0.2, 0.25) is 0 Å². The molecule has 2 N–H and O–H groups in total. The molecule has 0 fully saturated rings. The fraction of sp³-hybridized carbons (Fsp3) is 0.500. The van der Waals surface area contributed by atoms with Gasteiger partial charge in [-0.15, -0.1) is 0 Å². The first-order valence-electron chi connectivity index (χ1n) is 5.29. The van der Waals surface area contributed by atoms with Gasteiger partial charge in [0.25, 0.3) is 0 Å². The summed E-state index contributed by atoms with van der Waals surface area (Å²) in [5.74, 6) is -0.409. The molecule has 0 spiro atoms. The molecule has 0 atom stereocenters. The molecule has 0 aliphatic heterocycles. The van der Waals surface area contributed by atoms with Crippen LogP contribution < -0.4 is 5.73 Å². The molecule has 0 heterocycles. The van der Waals surface area contributed by atoms with Crippen molar-refractivity contribution in [3.8, 4) is 0 Å². The van der Waals surface area contributed by atoms with Crippen LogP contribution in [0.15, 0.2) is 17.0 Å². The monoisotopic (exact) mass is 259 g/mol. The third-order valence-electron chi connectivity index (χ3n) is 2.39. The molecule has 0 amide bonds. The van der Waals surface area contributed by atoms with Crippen molar-refractivity contribution < 1.29 is 12.8 Å². The van der Waals surface area contributed by atoms with Gasteiger partial charge in [-0.25, -0.2) is 12.8 Å². The molecule has 0 aliphatic rings. The zero-order chi connectivity index (χ0) is 13.4. The second-order valence-electron chi connectivity index (χ2n) is 5.15. The minimum atomic E-state index is -3.34. The number of hydrogen-bond donors (Lipinski definition) is 1. The molecule has 17 heavy (non-hydrogen) atoms. The van der Waals surface area contributed by atoms with Gasteiger partial charge in [-0.3, -0.25) is 0 Å². The Labute approximate surface area is 102 Å². The predicted molar refractivity (Wildman–Crippen MR) is 66.2 cm³/mol. The van der Waals surface area contributed by atoms with E-state index in [4.69, 9.17) is 5.73 Å². The molecule has 1 aromatic carbocycles. The average Bonchev–Trinajstić information content (AvgIpc) is 2.05. The third-order valence-corrected chi connectivity index (χ3v) is 3.63. The number of rotatable bonds is 3. The first kappa shape index (κ1) is 14.1. The van der Waals surface area contributed by atoms with Gasteiger partial charge in [-0.1, -0.05) is 0 Å². The Morgan fingerprint density at radius 3 is 2.29 bits per heavy atom. The minimum Gasteiger partial charge on any atom is -0.325 e. The number of benzene rings is 1. The van der Waals surface area contributed by atoms with Crippen LogP contribution in [-0.2, 0) is 16.3 Å². The maximum Gasteiger partial charge on any atom is 0.175 e. The van der Waals surface area contributed by atoms with Gasteiger partial charge in [0.05, 0.1) is 4.90 Å². The van der Waals surface area contributed by atoms with E-state index in [1.54, 1.807) is 20.8 Å². The lowest BCUT2D eigenvalue weighted by Gasteiger charge is -2.19. The van der Waals surface area contributed by atoms with Gasteiger partial charge in [-0.2, -0.15) is 0 Å². The maximum atomic E-state index is 13.7. The van der Waals surface area contributed by atoms with Crippen LogP contribution in [0.5, 0.6) is 0 Å². The van der Waals surface area contributed by atoms with Crippen molar-refractivity contribution >= 4 is 9.84 Å². The molecular formula is C12H18FNO2S. The Morgan fingerprint density at radius 2 is 1.88 bits per heavy atom. The van der Waals surface area contributed by atoms with Gasteiger partial charge in [0.2, 0.25) is 0 Å². The lowest BCUT2D eigenvalue weighted by atomic mass is 9.95. The van der Waals surface area contributed by atoms with Crippen molar-refractivity contribution in [1.29, 1.82) is 0 Å². The number of aryl methyl sites for hydroxylation is 1. The summed E-state index contributed by atoms with van der Waals surface area (Å²) in [6, 6.07) is 2.63. The Morgan fingerprint density at radius 1 is 1.35 bits per heavy atom. The summed E-state index contributed by atoms with van der Waals surface area (Å²) in [6.07, 6.45) is 1.41. The molecule has 3 nitrogen and oxygen atoms in total. The van der Waals surface area contributed by atoms with E-state index in [1.807, 2.05) is 0 Å². The molecule has 0 radical (unpaired) electrons. The largest absolute Gasteiger partial charge is 0.325 e. The summed E-state index contributed by atoms with van der Waals surface area (Å²) in [5.41, 5.74) is 6.00. The first-order valence-corrected chi connectivity index (χ1v) is 7.18. The quantitative estimate of drug-likeness (QED) is 0.842. The number of hydrogen-bond acceptors (Lipinski definition) is 3. The van der Waals surface area contributed by atoms with Crippen molar-refractivity contribution in [2.45, 2.75) is 37.6 Å². The highest BCUT2D eigenvalue weighted by Crippen LogP contribution is 2.22. The number of nitrogens with two attached hydrogens (primary N) is 1. The second kappa shape index (κ2) is 4.38. The summed E-state index contributed by atoms with van der Waals surface area (Å²) in [6.45, 7) is 5.12. The molecule has 5 heteroatoms. The van der Waals surface area contributed by atoms with E-state index in [2.05, 4.69) is 0 Å². The zero-order valence-corrected chi connectivity index (χ0v) is 11.4. The highest BCUT2D eigenvalue weighted by Gasteiger charge is 2.19. The molecule has 0 saturated carbocycles. The summed E-state index contributed by atoms with van der Waals surface area (Å²) in [4.78, 5) is 0.165. The third kappa shape index (κ3) is 3.78. The minimum absolute atomic E-state index is 0.165. The van der Waals surface area contributed by atoms with E-state index in [-0.39, 0.29) is 4.90 Å². The molecule has 1 aromatic rings. The molecule has 96 valence electrons. The van der Waals surface area contributed by atoms with E-state index in [1.165, 1.54) is 12.1 Å². The predicted octanol–water partition coefficient (Wildman–Crippen LogP) is 1.82. The van der Waals surface area contributed by atoms with E-state index >= 15 is 0 Å². The fourth-order valence-corrected chi connectivity index (χ4v) is 2.72. The van der Waals surface area contributed by atoms with Crippen LogP contribution >= 0.6 is 0 Å². The average molecular weight is 259 g/mol. The lowest BCUT2D eigenvalue weighted by molar-refractivity contribution is 0.495. The van der Waals surface area contributed by atoms with Gasteiger partial charge >= 0.3 is 0 Å². The fourth-order valence-electron chi connectivity index (χ4n) is 1.72. The SMILES string of the molecule is Cc1cc(F)c(CC(C)(C)N)cc1S(C)(=O)=O. The zero-order valence-electron chi connectivity index (χ0n) is 10.5. The normalized spacial score (nSPS) is 12.8. The van der Waals surface area contributed by atoms with E-state index < -0.39 is 21.2 Å². The van der Waals surface area contributed by atoms with Crippen LogP contribution in [0.4, 0.5) is 4.39 Å². The molecule has 1 rings (SSSR count). The van der Waals surface area contributed by atoms with Crippen molar-refractivity contribution in [2.24, 2.45) is 5.73 Å². The van der Waals surface area contributed by atoms with E-state index in [0.29, 0.717) is 17.5 Å². The molecule has 0 saturated heterocycles. The molecule has 0 aromatic heterocycles. The van der Waals surface area contributed by atoms with Gasteiger partial charge in [0, 0.05) is 11.8 Å². The van der Waals surface area contributed by atoms with Crippen molar-refractivity contribution in [3.63, 3.8) is 0 Å². The standard InChI is InChI=1S/C12H18FNO2S/c1-8-5-10(13)9(7-12(2,3)14)6-11(8)17(4,15)16/h5-6H,7,14H2,1-4H3. The van der Waals surface area contributed by atoms with Gasteiger partial charge in [-0.05, 0) is 50.5 Å². The maximum absolute atomic E-state index is 13.7. The second-order valence-corrected chi connectivity index (χ2v) is 7.13. The Kier molecular flexibility index (Phi) is 3.64. The Bertz CT molecular complexity index is 530. The van der Waals surface area contributed by atoms with Crippen molar-refractivity contribution in [2.75, 3.05) is 6.26 Å². The van der Waals surface area contributed by atoms with Crippen LogP contribution in [-0.4, -0.2) is 20.2 Å². The molecule has 0 aliphatic carbocycles. The van der Waals surface area contributed by atoms with E-state index in [9.17, 15) is 12.8 Å². The van der Waals surface area contributed by atoms with Crippen LogP contribution in [0, 0.1) is 12.7 Å². The molecular weight excluding hydrogens is 241 g/mol. The number of halogens is 1. The highest BCUT2D eigenvalue weighted by molar-refractivity contribution is 7.90.